The molecule has 37 heavy (non-hydrogen) atoms. The summed E-state index contributed by atoms with van der Waals surface area (Å²) < 4.78 is 5.79. The average Bonchev–Trinajstić information content (AvgIpc) is 3.13. The number of pyridine rings is 1. The van der Waals surface area contributed by atoms with Crippen LogP contribution in [0.25, 0.3) is 5.76 Å². The standard InChI is InChI=1S/C28H27N3O6/c1-17(2)16-37-23-10-9-21(12-18(23)3)26(32)24-25(20-7-4-8-22(13-20)31(35)36)30(28(34)27(24)33)15-19-6-5-11-29-14-19/h4-14,17,25,32H,15-16H2,1-3H3. The van der Waals surface area contributed by atoms with Gasteiger partial charge >= 0.3 is 0 Å². The summed E-state index contributed by atoms with van der Waals surface area (Å²) in [5, 5.41) is 25.2. The van der Waals surface area contributed by atoms with Gasteiger partial charge in [-0.15, -0.1) is 0 Å². The van der Waals surface area contributed by atoms with Gasteiger partial charge in [-0.25, -0.2) is 4.98 Å². The van der Waals surface area contributed by atoms with E-state index in [-0.39, 0.29) is 23.4 Å². The molecule has 0 bridgehead atoms. The van der Waals surface area contributed by atoms with Gasteiger partial charge in [0.15, 0.2) is 12.4 Å². The van der Waals surface area contributed by atoms with E-state index in [1.807, 2.05) is 13.8 Å². The summed E-state index contributed by atoms with van der Waals surface area (Å²) in [7, 11) is 0. The van der Waals surface area contributed by atoms with E-state index in [1.165, 1.54) is 23.1 Å². The van der Waals surface area contributed by atoms with Crippen LogP contribution in [0.1, 0.15) is 42.1 Å². The van der Waals surface area contributed by atoms with Crippen LogP contribution in [-0.4, -0.2) is 28.1 Å². The fraction of sp³-hybridized carbons (Fsp3) is 0.250. The number of nitro benzene ring substituents is 1. The molecule has 0 radical (unpaired) electrons. The average molecular weight is 502 g/mol. The monoisotopic (exact) mass is 501 g/mol. The molecule has 1 N–H and O–H groups in total. The molecule has 1 fully saturated rings. The number of carbonyl (C=O) groups excluding carboxylic acids is 2. The summed E-state index contributed by atoms with van der Waals surface area (Å²) in [6.07, 6.45) is 3.39. The van der Waals surface area contributed by atoms with Crippen molar-refractivity contribution in [2.24, 2.45) is 5.92 Å². The molecule has 9 heteroatoms. The number of Topliss-reactive ketones (excluding diaryl/α,β-unsaturated/α-hetero) is 1. The number of nitrogens with zero attached hydrogens (tertiary/aromatic N) is 2. The first-order valence-corrected chi connectivity index (χ1v) is 11.9. The number of nitro groups is 1. The van der Waals surface area contributed by atoms with Crippen LogP contribution in [0, 0.1) is 23.0 Å². The molecule has 1 aromatic heterocycles. The number of rotatable bonds is 8. The number of aromatic nitrogens is 1. The molecule has 3 aromatic rings. The Balaban J connectivity index is 1.83. The summed E-state index contributed by atoms with van der Waals surface area (Å²) in [6, 6.07) is 13.0. The predicted molar refractivity (Wildman–Crippen MR) is 133 cm³/mol. The Bertz CT molecular complexity index is 1380. The van der Waals surface area contributed by atoms with Crippen molar-refractivity contribution in [2.45, 2.75) is 33.4 Å². The third-order valence-electron chi connectivity index (χ3n) is 6.06. The first-order chi connectivity index (χ1) is 17.7. The normalized spacial score (nSPS) is 16.9. The maximum Gasteiger partial charge on any atom is 0.295 e. The van der Waals surface area contributed by atoms with E-state index in [9.17, 15) is 24.8 Å². The molecule has 2 heterocycles. The molecule has 0 saturated carbocycles. The van der Waals surface area contributed by atoms with Gasteiger partial charge in [0.25, 0.3) is 11.6 Å². The number of non-ortho nitro benzene ring substituents is 1. The van der Waals surface area contributed by atoms with Gasteiger partial charge in [0.1, 0.15) is 5.75 Å². The number of nitrogens with one attached hydrogen (secondary N) is 1. The van der Waals surface area contributed by atoms with Crippen LogP contribution in [0.3, 0.4) is 0 Å². The number of carbonyl (C=O) groups is 2. The largest absolute Gasteiger partial charge is 0.872 e. The van der Waals surface area contributed by atoms with Crippen LogP contribution in [0.2, 0.25) is 0 Å². The van der Waals surface area contributed by atoms with Crippen molar-refractivity contribution in [3.63, 3.8) is 0 Å². The second-order valence-corrected chi connectivity index (χ2v) is 9.36. The minimum absolute atomic E-state index is 0.0348. The van der Waals surface area contributed by atoms with E-state index >= 15 is 0 Å². The lowest BCUT2D eigenvalue weighted by Gasteiger charge is -2.27. The second-order valence-electron chi connectivity index (χ2n) is 9.36. The number of ether oxygens (including phenoxy) is 1. The first-order valence-electron chi connectivity index (χ1n) is 11.9. The van der Waals surface area contributed by atoms with Crippen LogP contribution in [0.5, 0.6) is 5.75 Å². The molecule has 1 saturated heterocycles. The molecule has 1 amide bonds. The number of H-pyrrole nitrogens is 1. The van der Waals surface area contributed by atoms with E-state index < -0.39 is 28.4 Å². The lowest BCUT2D eigenvalue weighted by atomic mass is 9.94. The van der Waals surface area contributed by atoms with E-state index in [0.717, 1.165) is 0 Å². The maximum absolute atomic E-state index is 13.7. The van der Waals surface area contributed by atoms with Crippen LogP contribution >= 0.6 is 0 Å². The highest BCUT2D eigenvalue weighted by Gasteiger charge is 2.44. The molecule has 1 aliphatic rings. The predicted octanol–water partition coefficient (Wildman–Crippen LogP) is 3.18. The number of amides is 1. The number of aromatic amines is 1. The van der Waals surface area contributed by atoms with Crippen molar-refractivity contribution < 1.29 is 29.3 Å². The van der Waals surface area contributed by atoms with Gasteiger partial charge in [-0.1, -0.05) is 37.8 Å². The van der Waals surface area contributed by atoms with Crippen molar-refractivity contribution in [2.75, 3.05) is 6.61 Å². The van der Waals surface area contributed by atoms with E-state index in [1.54, 1.807) is 55.7 Å². The summed E-state index contributed by atoms with van der Waals surface area (Å²) >= 11 is 0. The highest BCUT2D eigenvalue weighted by Crippen LogP contribution is 2.40. The number of ketones is 1. The zero-order valence-electron chi connectivity index (χ0n) is 20.8. The lowest BCUT2D eigenvalue weighted by molar-refractivity contribution is -0.385. The second kappa shape index (κ2) is 10.6. The Morgan fingerprint density at radius 1 is 1.14 bits per heavy atom. The molecule has 0 aliphatic carbocycles. The first kappa shape index (κ1) is 25.6. The number of benzene rings is 2. The molecule has 1 aliphatic heterocycles. The maximum atomic E-state index is 13.7. The summed E-state index contributed by atoms with van der Waals surface area (Å²) in [5.41, 5.74) is 1.52. The Kier molecular flexibility index (Phi) is 7.33. The van der Waals surface area contributed by atoms with Crippen LogP contribution in [-0.2, 0) is 16.1 Å². The highest BCUT2D eigenvalue weighted by atomic mass is 16.6. The molecule has 4 rings (SSSR count). The molecule has 1 atom stereocenters. The summed E-state index contributed by atoms with van der Waals surface area (Å²) in [6.45, 7) is 6.40. The van der Waals surface area contributed by atoms with Gasteiger partial charge in [0, 0.05) is 29.3 Å². The molecule has 2 aromatic carbocycles. The zero-order chi connectivity index (χ0) is 26.7. The van der Waals surface area contributed by atoms with E-state index in [4.69, 9.17) is 4.74 Å². The van der Waals surface area contributed by atoms with E-state index in [0.29, 0.717) is 35.0 Å². The van der Waals surface area contributed by atoms with E-state index in [2.05, 4.69) is 4.98 Å². The molecule has 9 nitrogen and oxygen atoms in total. The molecular formula is C28H27N3O6. The van der Waals surface area contributed by atoms with Crippen molar-refractivity contribution in [3.05, 3.63) is 105 Å². The molecule has 0 spiro atoms. The van der Waals surface area contributed by atoms with Crippen molar-refractivity contribution in [1.82, 2.24) is 4.90 Å². The molecular weight excluding hydrogens is 474 g/mol. The van der Waals surface area contributed by atoms with Gasteiger partial charge in [-0.05, 0) is 47.7 Å². The minimum atomic E-state index is -1.08. The Labute approximate surface area is 214 Å². The Hall–Kier alpha value is -4.53. The SMILES string of the molecule is Cc1cc(C([O-])=C2C(=O)C(=O)N(Cc3ccc[nH+]c3)C2c2cccc([N+](=O)[O-])c2)ccc1OCC(C)C. The highest BCUT2D eigenvalue weighted by molar-refractivity contribution is 6.46. The van der Waals surface area contributed by atoms with Crippen LogP contribution in [0.4, 0.5) is 5.69 Å². The van der Waals surface area contributed by atoms with Gasteiger partial charge in [0.05, 0.1) is 24.1 Å². The summed E-state index contributed by atoms with van der Waals surface area (Å²) in [5.74, 6) is -1.41. The van der Waals surface area contributed by atoms with Gasteiger partial charge in [0.2, 0.25) is 5.78 Å². The van der Waals surface area contributed by atoms with Crippen molar-refractivity contribution in [3.8, 4) is 5.75 Å². The van der Waals surface area contributed by atoms with Crippen LogP contribution < -0.4 is 14.8 Å². The van der Waals surface area contributed by atoms with Crippen molar-refractivity contribution >= 4 is 23.1 Å². The minimum Gasteiger partial charge on any atom is -0.872 e. The Morgan fingerprint density at radius 3 is 2.57 bits per heavy atom. The zero-order valence-corrected chi connectivity index (χ0v) is 20.8. The van der Waals surface area contributed by atoms with Crippen LogP contribution in [0.15, 0.2) is 72.6 Å². The number of likely N-dealkylation sites (tertiary alicyclic amines) is 1. The quantitative estimate of drug-likeness (QED) is 0.153. The third kappa shape index (κ3) is 5.35. The molecule has 190 valence electrons. The smallest absolute Gasteiger partial charge is 0.295 e. The fourth-order valence-corrected chi connectivity index (χ4v) is 4.28. The van der Waals surface area contributed by atoms with Gasteiger partial charge in [-0.3, -0.25) is 19.7 Å². The number of hydrogen-bond donors (Lipinski definition) is 0. The Morgan fingerprint density at radius 2 is 1.92 bits per heavy atom. The topological polar surface area (TPSA) is 127 Å². The van der Waals surface area contributed by atoms with Gasteiger partial charge < -0.3 is 14.7 Å². The number of hydrogen-bond acceptors (Lipinski definition) is 6. The number of aryl methyl sites for hydroxylation is 1. The summed E-state index contributed by atoms with van der Waals surface area (Å²) in [4.78, 5) is 41.5. The van der Waals surface area contributed by atoms with Gasteiger partial charge in [-0.2, -0.15) is 0 Å². The lowest BCUT2D eigenvalue weighted by Crippen LogP contribution is -2.29. The fourth-order valence-electron chi connectivity index (χ4n) is 4.28. The van der Waals surface area contributed by atoms with Crippen molar-refractivity contribution in [1.29, 1.82) is 0 Å². The molecule has 1 unspecified atom stereocenters. The third-order valence-corrected chi connectivity index (χ3v) is 6.06.